The molecule has 9 heteroatoms. The molecule has 3 amide bonds. The highest BCUT2D eigenvalue weighted by Crippen LogP contribution is 2.30. The largest absolute Gasteiger partial charge is 0.325 e. The molecule has 3 N–H and O–H groups in total. The second-order valence-corrected chi connectivity index (χ2v) is 12.3. The van der Waals surface area contributed by atoms with Gasteiger partial charge in [-0.2, -0.15) is 0 Å². The summed E-state index contributed by atoms with van der Waals surface area (Å²) in [6.45, 7) is 6.21. The van der Waals surface area contributed by atoms with E-state index in [1.807, 2.05) is 37.3 Å². The van der Waals surface area contributed by atoms with Crippen LogP contribution in [0.3, 0.4) is 0 Å². The molecule has 4 rings (SSSR count). The van der Waals surface area contributed by atoms with Crippen molar-refractivity contribution in [2.24, 2.45) is 0 Å². The van der Waals surface area contributed by atoms with Gasteiger partial charge in [0.2, 0.25) is 5.91 Å². The SMILES string of the molecule is CCC(Sc1cccc(NC(=O)/C(=C\c2cccc(Cl)c2Cl)NC(=O)c2ccccc2)c1)C(=O)Nc1ccc(C(C)C)cc1. The normalized spacial score (nSPS) is 12.0. The number of nitrogens with one attached hydrogen (secondary N) is 3. The maximum atomic E-state index is 13.5. The van der Waals surface area contributed by atoms with Crippen LogP contribution in [0.15, 0.2) is 108 Å². The Morgan fingerprint density at radius 2 is 1.52 bits per heavy atom. The van der Waals surface area contributed by atoms with Gasteiger partial charge in [-0.3, -0.25) is 14.4 Å². The second-order valence-electron chi connectivity index (χ2n) is 10.3. The Morgan fingerprint density at radius 1 is 0.818 bits per heavy atom. The van der Waals surface area contributed by atoms with Gasteiger partial charge >= 0.3 is 0 Å². The maximum Gasteiger partial charge on any atom is 0.272 e. The number of amides is 3. The monoisotopic (exact) mass is 645 g/mol. The first kappa shape index (κ1) is 32.9. The summed E-state index contributed by atoms with van der Waals surface area (Å²) in [7, 11) is 0. The lowest BCUT2D eigenvalue weighted by atomic mass is 10.0. The van der Waals surface area contributed by atoms with Gasteiger partial charge in [-0.15, -0.1) is 11.8 Å². The predicted octanol–water partition coefficient (Wildman–Crippen LogP) is 9.04. The van der Waals surface area contributed by atoms with E-state index >= 15 is 0 Å². The third-order valence-corrected chi connectivity index (χ3v) is 8.88. The number of hydrogen-bond donors (Lipinski definition) is 3. The van der Waals surface area contributed by atoms with Gasteiger partial charge in [-0.1, -0.05) is 92.5 Å². The highest BCUT2D eigenvalue weighted by molar-refractivity contribution is 8.00. The van der Waals surface area contributed by atoms with E-state index in [9.17, 15) is 14.4 Å². The van der Waals surface area contributed by atoms with Crippen molar-refractivity contribution in [3.63, 3.8) is 0 Å². The van der Waals surface area contributed by atoms with E-state index in [0.29, 0.717) is 34.2 Å². The van der Waals surface area contributed by atoms with Crippen molar-refractivity contribution >= 4 is 70.1 Å². The van der Waals surface area contributed by atoms with Crippen molar-refractivity contribution in [3.05, 3.63) is 129 Å². The van der Waals surface area contributed by atoms with Gasteiger partial charge in [-0.25, -0.2) is 0 Å². The quantitative estimate of drug-likeness (QED) is 0.112. The van der Waals surface area contributed by atoms with E-state index in [4.69, 9.17) is 23.2 Å². The first-order valence-corrected chi connectivity index (χ1v) is 15.8. The van der Waals surface area contributed by atoms with Crippen molar-refractivity contribution in [3.8, 4) is 0 Å². The Labute approximate surface area is 272 Å². The molecule has 0 aliphatic rings. The van der Waals surface area contributed by atoms with Crippen molar-refractivity contribution in [1.29, 1.82) is 0 Å². The first-order valence-electron chi connectivity index (χ1n) is 14.2. The molecule has 0 aromatic heterocycles. The van der Waals surface area contributed by atoms with Gasteiger partial charge in [0.05, 0.1) is 15.3 Å². The average molecular weight is 647 g/mol. The molecule has 1 atom stereocenters. The van der Waals surface area contributed by atoms with Crippen LogP contribution in [0.5, 0.6) is 0 Å². The van der Waals surface area contributed by atoms with Crippen molar-refractivity contribution < 1.29 is 14.4 Å². The summed E-state index contributed by atoms with van der Waals surface area (Å²) in [5, 5.41) is 8.79. The molecule has 0 spiro atoms. The van der Waals surface area contributed by atoms with Gasteiger partial charge in [0.15, 0.2) is 0 Å². The molecular formula is C35H33Cl2N3O3S. The summed E-state index contributed by atoms with van der Waals surface area (Å²) in [5.41, 5.74) is 3.29. The third-order valence-electron chi connectivity index (χ3n) is 6.69. The Kier molecular flexibility index (Phi) is 11.7. The number of thioether (sulfide) groups is 1. The summed E-state index contributed by atoms with van der Waals surface area (Å²) in [6, 6.07) is 28.7. The molecule has 0 fully saturated rings. The van der Waals surface area contributed by atoms with Crippen LogP contribution < -0.4 is 16.0 Å². The minimum atomic E-state index is -0.554. The zero-order valence-electron chi connectivity index (χ0n) is 24.6. The van der Waals surface area contributed by atoms with Gasteiger partial charge in [0, 0.05) is 21.8 Å². The molecule has 0 saturated heterocycles. The number of carbonyl (C=O) groups is 3. The number of halogens is 2. The van der Waals surface area contributed by atoms with Crippen LogP contribution in [-0.4, -0.2) is 23.0 Å². The van der Waals surface area contributed by atoms with Gasteiger partial charge in [-0.05, 0) is 78.1 Å². The fourth-order valence-electron chi connectivity index (χ4n) is 4.24. The Hall–Kier alpha value is -4.04. The summed E-state index contributed by atoms with van der Waals surface area (Å²) in [4.78, 5) is 40.4. The average Bonchev–Trinajstić information content (AvgIpc) is 3.02. The molecule has 44 heavy (non-hydrogen) atoms. The number of benzene rings is 4. The number of hydrogen-bond acceptors (Lipinski definition) is 4. The molecule has 0 saturated carbocycles. The lowest BCUT2D eigenvalue weighted by Crippen LogP contribution is -2.30. The van der Waals surface area contributed by atoms with E-state index in [0.717, 1.165) is 10.6 Å². The van der Waals surface area contributed by atoms with Crippen molar-refractivity contribution in [1.82, 2.24) is 5.32 Å². The van der Waals surface area contributed by atoms with Gasteiger partial charge in [0.25, 0.3) is 11.8 Å². The van der Waals surface area contributed by atoms with Crippen LogP contribution >= 0.6 is 35.0 Å². The lowest BCUT2D eigenvalue weighted by Gasteiger charge is -2.16. The molecule has 1 unspecified atom stereocenters. The van der Waals surface area contributed by atoms with Crippen LogP contribution in [-0.2, 0) is 9.59 Å². The van der Waals surface area contributed by atoms with Crippen molar-refractivity contribution in [2.75, 3.05) is 10.6 Å². The topological polar surface area (TPSA) is 87.3 Å². The fourth-order valence-corrected chi connectivity index (χ4v) is 5.61. The number of rotatable bonds is 11. The molecule has 0 radical (unpaired) electrons. The zero-order valence-corrected chi connectivity index (χ0v) is 26.9. The maximum absolute atomic E-state index is 13.5. The minimum absolute atomic E-state index is 0.0182. The van der Waals surface area contributed by atoms with E-state index in [-0.39, 0.29) is 21.9 Å². The molecule has 0 aliphatic carbocycles. The second kappa shape index (κ2) is 15.6. The van der Waals surface area contributed by atoms with E-state index in [1.54, 1.807) is 66.7 Å². The Bertz CT molecular complexity index is 1660. The highest BCUT2D eigenvalue weighted by Gasteiger charge is 2.20. The Balaban J connectivity index is 1.50. The number of anilines is 2. The predicted molar refractivity (Wildman–Crippen MR) is 183 cm³/mol. The molecule has 0 aliphatic heterocycles. The summed E-state index contributed by atoms with van der Waals surface area (Å²) < 4.78 is 0. The van der Waals surface area contributed by atoms with Crippen LogP contribution in [0.1, 0.15) is 54.6 Å². The van der Waals surface area contributed by atoms with E-state index in [1.165, 1.54) is 23.4 Å². The molecule has 226 valence electrons. The molecule has 4 aromatic rings. The lowest BCUT2D eigenvalue weighted by molar-refractivity contribution is -0.116. The molecular weight excluding hydrogens is 613 g/mol. The minimum Gasteiger partial charge on any atom is -0.325 e. The summed E-state index contributed by atoms with van der Waals surface area (Å²) >= 11 is 14.0. The van der Waals surface area contributed by atoms with Crippen LogP contribution in [0.25, 0.3) is 6.08 Å². The molecule has 6 nitrogen and oxygen atoms in total. The smallest absolute Gasteiger partial charge is 0.272 e. The highest BCUT2D eigenvalue weighted by atomic mass is 35.5. The number of carbonyl (C=O) groups excluding carboxylic acids is 3. The van der Waals surface area contributed by atoms with Crippen LogP contribution in [0.2, 0.25) is 10.0 Å². The molecule has 0 bridgehead atoms. The summed E-state index contributed by atoms with van der Waals surface area (Å²) in [6.07, 6.45) is 2.09. The summed E-state index contributed by atoms with van der Waals surface area (Å²) in [5.74, 6) is -0.698. The van der Waals surface area contributed by atoms with Crippen LogP contribution in [0.4, 0.5) is 11.4 Å². The van der Waals surface area contributed by atoms with Gasteiger partial charge in [0.1, 0.15) is 5.70 Å². The van der Waals surface area contributed by atoms with E-state index < -0.39 is 11.8 Å². The Morgan fingerprint density at radius 3 is 2.20 bits per heavy atom. The van der Waals surface area contributed by atoms with Crippen molar-refractivity contribution in [2.45, 2.75) is 43.3 Å². The standard InChI is InChI=1S/C35H33Cl2N3O3S/c1-4-31(35(43)38-26-18-16-23(17-19-26)22(2)3)44-28-14-9-13-27(21-28)39-34(42)30(20-25-12-8-15-29(36)32(25)37)40-33(41)24-10-6-5-7-11-24/h5-22,31H,4H2,1-3H3,(H,38,43)(H,39,42)(H,40,41)/b30-20+. The fraction of sp³-hybridized carbons (Fsp3) is 0.171. The van der Waals surface area contributed by atoms with Crippen LogP contribution in [0, 0.1) is 0 Å². The molecule has 0 heterocycles. The third kappa shape index (κ3) is 8.99. The first-order chi connectivity index (χ1) is 21.1. The zero-order chi connectivity index (χ0) is 31.6. The molecule has 4 aromatic carbocycles. The van der Waals surface area contributed by atoms with Gasteiger partial charge < -0.3 is 16.0 Å². The van der Waals surface area contributed by atoms with E-state index in [2.05, 4.69) is 29.8 Å².